The van der Waals surface area contributed by atoms with Crippen LogP contribution in [0.4, 0.5) is 0 Å². The maximum absolute atomic E-state index is 13.7. The van der Waals surface area contributed by atoms with Crippen LogP contribution in [0.1, 0.15) is 67.7 Å². The molecule has 0 radical (unpaired) electrons. The van der Waals surface area contributed by atoms with E-state index in [0.717, 1.165) is 62.0 Å². The summed E-state index contributed by atoms with van der Waals surface area (Å²) in [7, 11) is 0. The molecule has 1 saturated heterocycles. The molecule has 9 nitrogen and oxygen atoms in total. The molecule has 1 aliphatic heterocycles. The van der Waals surface area contributed by atoms with E-state index in [0.29, 0.717) is 42.6 Å². The summed E-state index contributed by atoms with van der Waals surface area (Å²) >= 11 is 0. The molecule has 0 saturated carbocycles. The quantitative estimate of drug-likeness (QED) is 0.104. The molecule has 0 aliphatic carbocycles. The predicted molar refractivity (Wildman–Crippen MR) is 199 cm³/mol. The molecule has 0 unspecified atom stereocenters. The van der Waals surface area contributed by atoms with E-state index in [1.165, 1.54) is 4.57 Å². The van der Waals surface area contributed by atoms with E-state index >= 15 is 0 Å². The van der Waals surface area contributed by atoms with E-state index in [1.807, 2.05) is 48.5 Å². The normalized spacial score (nSPS) is 13.9. The number of aliphatic carboxylic acids is 1. The van der Waals surface area contributed by atoms with Gasteiger partial charge in [0.25, 0.3) is 5.56 Å². The van der Waals surface area contributed by atoms with Crippen LogP contribution in [-0.4, -0.2) is 50.8 Å². The zero-order valence-corrected chi connectivity index (χ0v) is 29.1. The van der Waals surface area contributed by atoms with Gasteiger partial charge >= 0.3 is 11.7 Å². The summed E-state index contributed by atoms with van der Waals surface area (Å²) in [5.41, 5.74) is 3.19. The van der Waals surface area contributed by atoms with Gasteiger partial charge in [0.1, 0.15) is 18.5 Å². The lowest BCUT2D eigenvalue weighted by Gasteiger charge is -2.34. The zero-order valence-electron chi connectivity index (χ0n) is 29.1. The SMILES string of the molecule is O=C(O)CCCCn1c(=O)c2cc(OCc3ccccc3)ccc2n(CCCCN2CCC(OC(c3ccccc3)c3ccccc3)CC2)c1=O. The van der Waals surface area contributed by atoms with Gasteiger partial charge in [-0.25, -0.2) is 4.79 Å². The van der Waals surface area contributed by atoms with Gasteiger partial charge in [-0.1, -0.05) is 91.0 Å². The largest absolute Gasteiger partial charge is 0.489 e. The highest BCUT2D eigenvalue weighted by molar-refractivity contribution is 5.79. The first kappa shape index (κ1) is 35.8. The number of benzene rings is 4. The smallest absolute Gasteiger partial charge is 0.331 e. The average Bonchev–Trinajstić information content (AvgIpc) is 3.17. The van der Waals surface area contributed by atoms with Gasteiger partial charge in [-0.3, -0.25) is 18.7 Å². The monoisotopic (exact) mass is 689 g/mol. The fraction of sp³-hybridized carbons (Fsp3) is 0.357. The summed E-state index contributed by atoms with van der Waals surface area (Å²) in [4.78, 5) is 40.8. The van der Waals surface area contributed by atoms with Crippen LogP contribution in [-0.2, 0) is 29.2 Å². The topological polar surface area (TPSA) is 103 Å². The fourth-order valence-electron chi connectivity index (χ4n) is 6.86. The van der Waals surface area contributed by atoms with Gasteiger partial charge in [0.2, 0.25) is 0 Å². The number of likely N-dealkylation sites (tertiary alicyclic amines) is 1. The molecule has 0 bridgehead atoms. The second-order valence-electron chi connectivity index (χ2n) is 13.3. The van der Waals surface area contributed by atoms with E-state index in [4.69, 9.17) is 14.6 Å². The molecule has 266 valence electrons. The molecule has 0 atom stereocenters. The van der Waals surface area contributed by atoms with Crippen LogP contribution >= 0.6 is 0 Å². The van der Waals surface area contributed by atoms with Crippen LogP contribution in [0, 0.1) is 0 Å². The molecule has 0 spiro atoms. The number of rotatable bonds is 17. The van der Waals surface area contributed by atoms with Crippen molar-refractivity contribution in [3.05, 3.63) is 147 Å². The standard InChI is InChI=1S/C42H47N3O6/c46-39(47)20-10-11-27-45-41(48)37-30-36(50-31-32-14-4-1-5-15-32)21-22-38(37)44(42(45)49)26-13-12-25-43-28-23-35(24-29-43)51-40(33-16-6-2-7-17-33)34-18-8-3-9-19-34/h1-9,14-19,21-22,30,35,40H,10-13,20,23-29,31H2,(H,46,47). The van der Waals surface area contributed by atoms with Crippen LogP contribution in [0.2, 0.25) is 0 Å². The Kier molecular flexibility index (Phi) is 12.5. The number of nitrogens with zero attached hydrogens (tertiary/aromatic N) is 3. The minimum absolute atomic E-state index is 0.00198. The van der Waals surface area contributed by atoms with Crippen molar-refractivity contribution in [1.29, 1.82) is 0 Å². The number of carbonyl (C=O) groups is 1. The third-order valence-electron chi connectivity index (χ3n) is 9.64. The number of hydrogen-bond acceptors (Lipinski definition) is 6. The average molecular weight is 690 g/mol. The maximum atomic E-state index is 13.7. The summed E-state index contributed by atoms with van der Waals surface area (Å²) in [6.45, 7) is 3.84. The molecule has 9 heteroatoms. The lowest BCUT2D eigenvalue weighted by atomic mass is 10.00. The summed E-state index contributed by atoms with van der Waals surface area (Å²) in [6.07, 6.45) is 4.50. The van der Waals surface area contributed by atoms with Gasteiger partial charge in [0, 0.05) is 32.6 Å². The van der Waals surface area contributed by atoms with Gasteiger partial charge in [-0.05, 0) is 80.0 Å². The highest BCUT2D eigenvalue weighted by Crippen LogP contribution is 2.30. The number of carboxylic acid groups (broad SMARTS) is 1. The van der Waals surface area contributed by atoms with E-state index in [-0.39, 0.29) is 36.4 Å². The highest BCUT2D eigenvalue weighted by atomic mass is 16.5. The first-order valence-electron chi connectivity index (χ1n) is 18.1. The number of ether oxygens (including phenoxy) is 2. The molecule has 1 fully saturated rings. The Morgan fingerprint density at radius 2 is 1.31 bits per heavy atom. The Bertz CT molecular complexity index is 1930. The Morgan fingerprint density at radius 3 is 1.96 bits per heavy atom. The second-order valence-corrected chi connectivity index (χ2v) is 13.3. The van der Waals surface area contributed by atoms with Crippen LogP contribution < -0.4 is 16.0 Å². The van der Waals surface area contributed by atoms with Crippen molar-refractivity contribution >= 4 is 16.9 Å². The number of piperidine rings is 1. The Labute approximate surface area is 298 Å². The van der Waals surface area contributed by atoms with E-state index < -0.39 is 5.97 Å². The van der Waals surface area contributed by atoms with Crippen LogP contribution in [0.15, 0.2) is 119 Å². The van der Waals surface area contributed by atoms with Gasteiger partial charge in [0.15, 0.2) is 0 Å². The number of carboxylic acids is 1. The molecule has 2 heterocycles. The van der Waals surface area contributed by atoms with Gasteiger partial charge in [-0.15, -0.1) is 0 Å². The minimum atomic E-state index is -0.890. The second kappa shape index (κ2) is 17.8. The first-order valence-corrected chi connectivity index (χ1v) is 18.1. The molecular weight excluding hydrogens is 642 g/mol. The maximum Gasteiger partial charge on any atom is 0.331 e. The molecule has 5 aromatic rings. The van der Waals surface area contributed by atoms with E-state index in [9.17, 15) is 14.4 Å². The molecular formula is C42H47N3O6. The molecule has 1 aromatic heterocycles. The number of hydrogen-bond donors (Lipinski definition) is 1. The lowest BCUT2D eigenvalue weighted by molar-refractivity contribution is -0.137. The van der Waals surface area contributed by atoms with Crippen LogP contribution in [0.25, 0.3) is 10.9 Å². The molecule has 51 heavy (non-hydrogen) atoms. The Hall–Kier alpha value is -4.99. The third-order valence-corrected chi connectivity index (χ3v) is 9.64. The van der Waals surface area contributed by atoms with Crippen LogP contribution in [0.5, 0.6) is 5.75 Å². The van der Waals surface area contributed by atoms with Crippen molar-refractivity contribution in [3.63, 3.8) is 0 Å². The summed E-state index contributed by atoms with van der Waals surface area (Å²) < 4.78 is 15.7. The number of unbranched alkanes of at least 4 members (excludes halogenated alkanes) is 2. The first-order chi connectivity index (χ1) is 25.0. The van der Waals surface area contributed by atoms with E-state index in [2.05, 4.69) is 53.4 Å². The van der Waals surface area contributed by atoms with Gasteiger partial charge in [0.05, 0.1) is 17.0 Å². The number of aromatic nitrogens is 2. The van der Waals surface area contributed by atoms with Crippen molar-refractivity contribution in [2.24, 2.45) is 0 Å². The molecule has 6 rings (SSSR count). The van der Waals surface area contributed by atoms with Crippen LogP contribution in [0.3, 0.4) is 0 Å². The van der Waals surface area contributed by atoms with Gasteiger partial charge < -0.3 is 19.5 Å². The van der Waals surface area contributed by atoms with Crippen molar-refractivity contribution in [2.45, 2.75) is 76.9 Å². The number of aryl methyl sites for hydroxylation is 1. The lowest BCUT2D eigenvalue weighted by Crippen LogP contribution is -2.40. The molecule has 1 N–H and O–H groups in total. The summed E-state index contributed by atoms with van der Waals surface area (Å²) in [6, 6.07) is 36.0. The molecule has 1 aliphatic rings. The minimum Gasteiger partial charge on any atom is -0.489 e. The Balaban J connectivity index is 1.08. The molecule has 0 amide bonds. The predicted octanol–water partition coefficient (Wildman–Crippen LogP) is 7.05. The number of fused-ring (bicyclic) bond motifs is 1. The van der Waals surface area contributed by atoms with Crippen molar-refractivity contribution in [3.8, 4) is 5.75 Å². The fourth-order valence-corrected chi connectivity index (χ4v) is 6.86. The summed E-state index contributed by atoms with van der Waals surface area (Å²) in [5.74, 6) is -0.337. The molecule has 4 aromatic carbocycles. The highest BCUT2D eigenvalue weighted by Gasteiger charge is 2.25. The third kappa shape index (κ3) is 9.62. The van der Waals surface area contributed by atoms with Crippen molar-refractivity contribution in [2.75, 3.05) is 19.6 Å². The van der Waals surface area contributed by atoms with Crippen molar-refractivity contribution in [1.82, 2.24) is 14.0 Å². The van der Waals surface area contributed by atoms with Crippen molar-refractivity contribution < 1.29 is 19.4 Å². The van der Waals surface area contributed by atoms with E-state index in [1.54, 1.807) is 16.7 Å². The summed E-state index contributed by atoms with van der Waals surface area (Å²) in [5, 5.41) is 9.48. The van der Waals surface area contributed by atoms with Gasteiger partial charge in [-0.2, -0.15) is 0 Å². The Morgan fingerprint density at radius 1 is 0.725 bits per heavy atom. The zero-order chi connectivity index (χ0) is 35.4.